The quantitative estimate of drug-likeness (QED) is 0.516. The first kappa shape index (κ1) is 12.9. The van der Waals surface area contributed by atoms with E-state index < -0.39 is 10.1 Å². The predicted octanol–water partition coefficient (Wildman–Crippen LogP) is 2.48. The van der Waals surface area contributed by atoms with Crippen LogP contribution in [0.2, 0.25) is 0 Å². The summed E-state index contributed by atoms with van der Waals surface area (Å²) in [5, 5.41) is 0. The number of hydrogen-bond donors (Lipinski definition) is 1. The van der Waals surface area contributed by atoms with Crippen molar-refractivity contribution in [3.63, 3.8) is 0 Å². The average Bonchev–Trinajstić information content (AvgIpc) is 2.03. The van der Waals surface area contributed by atoms with Gasteiger partial charge in [-0.1, -0.05) is 39.5 Å². The molecule has 0 heterocycles. The Morgan fingerprint density at radius 3 is 2.08 bits per heavy atom. The number of unbranched alkanes of at least 4 members (excludes halogenated alkanes) is 1. The van der Waals surface area contributed by atoms with E-state index in [-0.39, 0.29) is 5.75 Å². The van der Waals surface area contributed by atoms with Gasteiger partial charge in [0.05, 0.1) is 5.75 Å². The van der Waals surface area contributed by atoms with Crippen molar-refractivity contribution in [2.24, 2.45) is 5.92 Å². The Morgan fingerprint density at radius 1 is 1.15 bits per heavy atom. The fourth-order valence-corrected chi connectivity index (χ4v) is 1.98. The van der Waals surface area contributed by atoms with Crippen molar-refractivity contribution in [3.8, 4) is 0 Å². The molecule has 80 valence electrons. The molecular weight excluding hydrogens is 188 g/mol. The lowest BCUT2D eigenvalue weighted by atomic mass is 9.97. The smallest absolute Gasteiger partial charge is 0.264 e. The Morgan fingerprint density at radius 2 is 1.69 bits per heavy atom. The Balaban J connectivity index is 3.45. The zero-order valence-corrected chi connectivity index (χ0v) is 9.31. The molecule has 0 aliphatic rings. The highest BCUT2D eigenvalue weighted by atomic mass is 32.2. The molecule has 0 unspecified atom stereocenters. The molecule has 0 radical (unpaired) electrons. The van der Waals surface area contributed by atoms with Crippen LogP contribution in [0, 0.1) is 5.92 Å². The molecule has 13 heavy (non-hydrogen) atoms. The van der Waals surface area contributed by atoms with E-state index in [1.165, 1.54) is 0 Å². The van der Waals surface area contributed by atoms with E-state index in [4.69, 9.17) is 4.55 Å². The Bertz CT molecular complexity index is 205. The van der Waals surface area contributed by atoms with Gasteiger partial charge in [0.25, 0.3) is 10.1 Å². The van der Waals surface area contributed by atoms with Crippen LogP contribution < -0.4 is 0 Å². The van der Waals surface area contributed by atoms with Crippen LogP contribution in [0.25, 0.3) is 0 Å². The number of hydrogen-bond acceptors (Lipinski definition) is 2. The van der Waals surface area contributed by atoms with Crippen molar-refractivity contribution in [2.75, 3.05) is 5.75 Å². The molecule has 4 heteroatoms. The van der Waals surface area contributed by atoms with Gasteiger partial charge in [-0.2, -0.15) is 8.42 Å². The third-order valence-corrected chi connectivity index (χ3v) is 3.22. The third kappa shape index (κ3) is 8.25. The molecule has 0 saturated carbocycles. The molecule has 0 aliphatic carbocycles. The van der Waals surface area contributed by atoms with Crippen LogP contribution in [0.15, 0.2) is 0 Å². The lowest BCUT2D eigenvalue weighted by Gasteiger charge is -2.10. The van der Waals surface area contributed by atoms with E-state index in [1.807, 2.05) is 0 Å². The van der Waals surface area contributed by atoms with Crippen molar-refractivity contribution >= 4 is 10.1 Å². The topological polar surface area (TPSA) is 54.4 Å². The third-order valence-electron chi connectivity index (χ3n) is 2.42. The molecule has 0 rings (SSSR count). The van der Waals surface area contributed by atoms with Gasteiger partial charge < -0.3 is 0 Å². The molecule has 0 atom stereocenters. The summed E-state index contributed by atoms with van der Waals surface area (Å²) in [6.07, 6.45) is 4.86. The lowest BCUT2D eigenvalue weighted by molar-refractivity contribution is 0.434. The summed E-state index contributed by atoms with van der Waals surface area (Å²) in [5.74, 6) is 0.619. The van der Waals surface area contributed by atoms with Crippen LogP contribution in [0.4, 0.5) is 0 Å². The Hall–Kier alpha value is -0.0900. The molecule has 0 aromatic heterocycles. The molecule has 0 saturated heterocycles. The van der Waals surface area contributed by atoms with Crippen LogP contribution >= 0.6 is 0 Å². The molecular formula is C9H20O3S. The van der Waals surface area contributed by atoms with Crippen LogP contribution in [0.3, 0.4) is 0 Å². The van der Waals surface area contributed by atoms with E-state index in [9.17, 15) is 8.42 Å². The molecule has 0 amide bonds. The van der Waals surface area contributed by atoms with E-state index >= 15 is 0 Å². The second-order valence-corrected chi connectivity index (χ2v) is 5.04. The fraction of sp³-hybridized carbons (Fsp3) is 1.00. The highest BCUT2D eigenvalue weighted by molar-refractivity contribution is 7.85. The minimum atomic E-state index is -3.74. The second-order valence-electron chi connectivity index (χ2n) is 3.46. The van der Waals surface area contributed by atoms with Gasteiger partial charge in [0.2, 0.25) is 0 Å². The standard InChI is InChI=1S/C9H20O3S/c1-3-9(4-2)7-5-6-8-13(10,11)12/h9H,3-8H2,1-2H3,(H,10,11,12). The van der Waals surface area contributed by atoms with Gasteiger partial charge in [-0.25, -0.2) is 0 Å². The molecule has 0 spiro atoms. The summed E-state index contributed by atoms with van der Waals surface area (Å²) in [4.78, 5) is 0. The van der Waals surface area contributed by atoms with Crippen LogP contribution in [-0.2, 0) is 10.1 Å². The summed E-state index contributed by atoms with van der Waals surface area (Å²) in [7, 11) is -3.74. The SMILES string of the molecule is CCC(CC)CCCCS(=O)(=O)O. The highest BCUT2D eigenvalue weighted by Gasteiger charge is 2.06. The van der Waals surface area contributed by atoms with Gasteiger partial charge in [-0.15, -0.1) is 0 Å². The maximum atomic E-state index is 10.4. The van der Waals surface area contributed by atoms with Crippen molar-refractivity contribution in [1.29, 1.82) is 0 Å². The first-order valence-electron chi connectivity index (χ1n) is 4.94. The zero-order chi connectivity index (χ0) is 10.3. The Kier molecular flexibility index (Phi) is 6.33. The van der Waals surface area contributed by atoms with E-state index in [1.54, 1.807) is 0 Å². The summed E-state index contributed by atoms with van der Waals surface area (Å²) in [6.45, 7) is 4.30. The van der Waals surface area contributed by atoms with E-state index in [0.29, 0.717) is 12.3 Å². The van der Waals surface area contributed by atoms with Gasteiger partial charge >= 0.3 is 0 Å². The summed E-state index contributed by atoms with van der Waals surface area (Å²) in [6, 6.07) is 0. The average molecular weight is 208 g/mol. The highest BCUT2D eigenvalue weighted by Crippen LogP contribution is 2.15. The molecule has 3 nitrogen and oxygen atoms in total. The van der Waals surface area contributed by atoms with Gasteiger partial charge in [0.1, 0.15) is 0 Å². The van der Waals surface area contributed by atoms with Gasteiger partial charge in [0, 0.05) is 0 Å². The van der Waals surface area contributed by atoms with Crippen LogP contribution in [0.5, 0.6) is 0 Å². The van der Waals surface area contributed by atoms with E-state index in [0.717, 1.165) is 25.7 Å². The fourth-order valence-electron chi connectivity index (χ4n) is 1.41. The Labute approximate surface area is 81.3 Å². The summed E-state index contributed by atoms with van der Waals surface area (Å²) < 4.78 is 29.2. The maximum Gasteiger partial charge on any atom is 0.264 e. The zero-order valence-electron chi connectivity index (χ0n) is 8.49. The van der Waals surface area contributed by atoms with Crippen molar-refractivity contribution in [2.45, 2.75) is 46.0 Å². The molecule has 0 fully saturated rings. The summed E-state index contributed by atoms with van der Waals surface area (Å²) >= 11 is 0. The lowest BCUT2D eigenvalue weighted by Crippen LogP contribution is -2.04. The largest absolute Gasteiger partial charge is 0.286 e. The second kappa shape index (κ2) is 6.38. The number of rotatable bonds is 7. The van der Waals surface area contributed by atoms with Crippen LogP contribution in [0.1, 0.15) is 46.0 Å². The first-order valence-corrected chi connectivity index (χ1v) is 6.55. The minimum absolute atomic E-state index is 0.0901. The first-order chi connectivity index (χ1) is 5.99. The minimum Gasteiger partial charge on any atom is -0.286 e. The molecule has 0 aliphatic heterocycles. The van der Waals surface area contributed by atoms with Crippen molar-refractivity contribution in [3.05, 3.63) is 0 Å². The molecule has 0 aromatic rings. The van der Waals surface area contributed by atoms with E-state index in [2.05, 4.69) is 13.8 Å². The van der Waals surface area contributed by atoms with Crippen molar-refractivity contribution in [1.82, 2.24) is 0 Å². The van der Waals surface area contributed by atoms with Gasteiger partial charge in [-0.05, 0) is 12.3 Å². The normalized spacial score (nSPS) is 12.3. The molecule has 0 bridgehead atoms. The maximum absolute atomic E-state index is 10.4. The van der Waals surface area contributed by atoms with Gasteiger partial charge in [0.15, 0.2) is 0 Å². The molecule has 1 N–H and O–H groups in total. The molecule has 0 aromatic carbocycles. The van der Waals surface area contributed by atoms with Gasteiger partial charge in [-0.3, -0.25) is 4.55 Å². The summed E-state index contributed by atoms with van der Waals surface area (Å²) in [5.41, 5.74) is 0. The monoisotopic (exact) mass is 208 g/mol. The van der Waals surface area contributed by atoms with Crippen molar-refractivity contribution < 1.29 is 13.0 Å². The van der Waals surface area contributed by atoms with Crippen LogP contribution in [-0.4, -0.2) is 18.7 Å². The predicted molar refractivity (Wildman–Crippen MR) is 54.3 cm³/mol.